The molecule has 0 aliphatic rings. The van der Waals surface area contributed by atoms with Gasteiger partial charge in [0.05, 0.1) is 24.8 Å². The molecule has 0 amide bonds. The molecule has 0 aliphatic carbocycles. The van der Waals surface area contributed by atoms with Crippen LogP contribution in [0.4, 0.5) is 5.69 Å². The van der Waals surface area contributed by atoms with Crippen molar-refractivity contribution in [2.45, 2.75) is 4.90 Å². The Morgan fingerprint density at radius 2 is 1.52 bits per heavy atom. The van der Waals surface area contributed by atoms with Crippen molar-refractivity contribution in [3.05, 3.63) is 48.5 Å². The minimum absolute atomic E-state index is 0.238. The zero-order chi connectivity index (χ0) is 15.5. The summed E-state index contributed by atoms with van der Waals surface area (Å²) in [4.78, 5) is 0.238. The van der Waals surface area contributed by atoms with Gasteiger partial charge in [-0.05, 0) is 24.3 Å². The molecular formula is C15H17NO4S. The second kappa shape index (κ2) is 6.05. The second-order valence-corrected chi connectivity index (χ2v) is 6.29. The molecule has 0 saturated carbocycles. The summed E-state index contributed by atoms with van der Waals surface area (Å²) < 4.78 is 36.6. The van der Waals surface area contributed by atoms with Gasteiger partial charge in [-0.15, -0.1) is 0 Å². The molecule has 0 bridgehead atoms. The lowest BCUT2D eigenvalue weighted by atomic mass is 10.3. The van der Waals surface area contributed by atoms with E-state index in [-0.39, 0.29) is 4.90 Å². The van der Waals surface area contributed by atoms with E-state index < -0.39 is 10.0 Å². The maximum absolute atomic E-state index is 12.5. The van der Waals surface area contributed by atoms with Crippen molar-refractivity contribution in [2.75, 3.05) is 25.6 Å². The highest BCUT2D eigenvalue weighted by molar-refractivity contribution is 7.92. The highest BCUT2D eigenvalue weighted by atomic mass is 32.2. The van der Waals surface area contributed by atoms with Gasteiger partial charge in [-0.2, -0.15) is 0 Å². The molecule has 112 valence electrons. The Kier molecular flexibility index (Phi) is 4.37. The normalized spacial score (nSPS) is 11.0. The Hall–Kier alpha value is -2.21. The fourth-order valence-electron chi connectivity index (χ4n) is 1.91. The molecular weight excluding hydrogens is 290 g/mol. The number of methoxy groups -OCH3 is 2. The van der Waals surface area contributed by atoms with E-state index in [2.05, 4.69) is 0 Å². The molecule has 0 spiro atoms. The first-order valence-electron chi connectivity index (χ1n) is 6.26. The first-order valence-corrected chi connectivity index (χ1v) is 7.70. The summed E-state index contributed by atoms with van der Waals surface area (Å²) in [7, 11) is 0.941. The summed E-state index contributed by atoms with van der Waals surface area (Å²) in [6.07, 6.45) is 0. The average molecular weight is 307 g/mol. The molecule has 0 atom stereocenters. The molecule has 2 rings (SSSR count). The lowest BCUT2D eigenvalue weighted by Crippen LogP contribution is -2.26. The second-order valence-electron chi connectivity index (χ2n) is 4.32. The van der Waals surface area contributed by atoms with E-state index in [0.717, 1.165) is 0 Å². The molecule has 5 nitrogen and oxygen atoms in total. The van der Waals surface area contributed by atoms with Crippen LogP contribution in [-0.4, -0.2) is 29.7 Å². The van der Waals surface area contributed by atoms with Crippen LogP contribution < -0.4 is 13.8 Å². The summed E-state index contributed by atoms with van der Waals surface area (Å²) in [5, 5.41) is 0. The Bertz CT molecular complexity index is 714. The lowest BCUT2D eigenvalue weighted by molar-refractivity contribution is 0.355. The number of ether oxygens (including phenoxy) is 2. The van der Waals surface area contributed by atoms with Crippen LogP contribution in [-0.2, 0) is 10.0 Å². The van der Waals surface area contributed by atoms with Crippen molar-refractivity contribution in [3.8, 4) is 11.5 Å². The van der Waals surface area contributed by atoms with Gasteiger partial charge in [-0.25, -0.2) is 8.42 Å². The van der Waals surface area contributed by atoms with E-state index in [1.54, 1.807) is 48.5 Å². The van der Waals surface area contributed by atoms with Crippen LogP contribution in [0.2, 0.25) is 0 Å². The number of benzene rings is 2. The van der Waals surface area contributed by atoms with E-state index in [0.29, 0.717) is 17.2 Å². The summed E-state index contributed by atoms with van der Waals surface area (Å²) in [5.74, 6) is 1.02. The van der Waals surface area contributed by atoms with Gasteiger partial charge in [-0.1, -0.05) is 18.2 Å². The van der Waals surface area contributed by atoms with Crippen LogP contribution in [0.15, 0.2) is 53.4 Å². The molecule has 0 N–H and O–H groups in total. The van der Waals surface area contributed by atoms with Crippen LogP contribution in [0, 0.1) is 0 Å². The Morgan fingerprint density at radius 1 is 0.905 bits per heavy atom. The summed E-state index contributed by atoms with van der Waals surface area (Å²) in [6, 6.07) is 13.2. The molecule has 0 fully saturated rings. The highest BCUT2D eigenvalue weighted by Gasteiger charge is 2.21. The van der Waals surface area contributed by atoms with Crippen molar-refractivity contribution in [2.24, 2.45) is 0 Å². The number of rotatable bonds is 5. The van der Waals surface area contributed by atoms with Crippen LogP contribution in [0.1, 0.15) is 0 Å². The number of hydrogen-bond acceptors (Lipinski definition) is 4. The van der Waals surface area contributed by atoms with E-state index in [1.165, 1.54) is 25.6 Å². The van der Waals surface area contributed by atoms with Gasteiger partial charge < -0.3 is 9.47 Å². The summed E-state index contributed by atoms with van der Waals surface area (Å²) in [5.41, 5.74) is 0.497. The highest BCUT2D eigenvalue weighted by Crippen LogP contribution is 2.32. The third kappa shape index (κ3) is 2.95. The Balaban J connectivity index is 2.42. The first-order chi connectivity index (χ1) is 10.0. The van der Waals surface area contributed by atoms with Crippen molar-refractivity contribution in [1.29, 1.82) is 0 Å². The van der Waals surface area contributed by atoms with Crippen molar-refractivity contribution < 1.29 is 17.9 Å². The van der Waals surface area contributed by atoms with Crippen molar-refractivity contribution in [3.63, 3.8) is 0 Å². The van der Waals surface area contributed by atoms with Gasteiger partial charge in [0, 0.05) is 13.1 Å². The topological polar surface area (TPSA) is 55.8 Å². The Labute approximate surface area is 124 Å². The monoisotopic (exact) mass is 307 g/mol. The first kappa shape index (κ1) is 15.2. The van der Waals surface area contributed by atoms with Crippen LogP contribution in [0.25, 0.3) is 0 Å². The number of sulfonamides is 1. The molecule has 0 unspecified atom stereocenters. The fraction of sp³-hybridized carbons (Fsp3) is 0.200. The maximum Gasteiger partial charge on any atom is 0.264 e. The van der Waals surface area contributed by atoms with Crippen LogP contribution >= 0.6 is 0 Å². The molecule has 0 saturated heterocycles. The zero-order valence-electron chi connectivity index (χ0n) is 12.1. The molecule has 0 heterocycles. The third-order valence-electron chi connectivity index (χ3n) is 3.13. The molecule has 0 aliphatic heterocycles. The van der Waals surface area contributed by atoms with Gasteiger partial charge in [-0.3, -0.25) is 4.31 Å². The third-order valence-corrected chi connectivity index (χ3v) is 4.93. The quantitative estimate of drug-likeness (QED) is 0.852. The fourth-order valence-corrected chi connectivity index (χ4v) is 3.12. The molecule has 6 heteroatoms. The van der Waals surface area contributed by atoms with Crippen LogP contribution in [0.5, 0.6) is 11.5 Å². The SMILES string of the molecule is COc1ccc(N(C)S(=O)(=O)c2ccccc2)cc1OC. The minimum atomic E-state index is -3.60. The summed E-state index contributed by atoms with van der Waals surface area (Å²) >= 11 is 0. The van der Waals surface area contributed by atoms with Gasteiger partial charge in [0.25, 0.3) is 10.0 Å². The molecule has 0 aromatic heterocycles. The summed E-state index contributed by atoms with van der Waals surface area (Å²) in [6.45, 7) is 0. The maximum atomic E-state index is 12.5. The zero-order valence-corrected chi connectivity index (χ0v) is 12.9. The average Bonchev–Trinajstić information content (AvgIpc) is 2.54. The molecule has 2 aromatic rings. The van der Waals surface area contributed by atoms with Crippen molar-refractivity contribution in [1.82, 2.24) is 0 Å². The van der Waals surface area contributed by atoms with E-state index >= 15 is 0 Å². The number of hydrogen-bond donors (Lipinski definition) is 0. The van der Waals surface area contributed by atoms with Gasteiger partial charge >= 0.3 is 0 Å². The predicted molar refractivity (Wildman–Crippen MR) is 81.6 cm³/mol. The number of nitrogens with zero attached hydrogens (tertiary/aromatic N) is 1. The molecule has 0 radical (unpaired) electrons. The number of anilines is 1. The Morgan fingerprint density at radius 3 is 2.10 bits per heavy atom. The lowest BCUT2D eigenvalue weighted by Gasteiger charge is -2.20. The molecule has 21 heavy (non-hydrogen) atoms. The van der Waals surface area contributed by atoms with Gasteiger partial charge in [0.1, 0.15) is 0 Å². The minimum Gasteiger partial charge on any atom is -0.493 e. The van der Waals surface area contributed by atoms with Crippen molar-refractivity contribution >= 4 is 15.7 Å². The smallest absolute Gasteiger partial charge is 0.264 e. The van der Waals surface area contributed by atoms with Gasteiger partial charge in [0.15, 0.2) is 11.5 Å². The van der Waals surface area contributed by atoms with E-state index in [1.807, 2.05) is 0 Å². The van der Waals surface area contributed by atoms with E-state index in [4.69, 9.17) is 9.47 Å². The van der Waals surface area contributed by atoms with E-state index in [9.17, 15) is 8.42 Å². The van der Waals surface area contributed by atoms with Crippen LogP contribution in [0.3, 0.4) is 0 Å². The molecule has 2 aromatic carbocycles. The van der Waals surface area contributed by atoms with Gasteiger partial charge in [0.2, 0.25) is 0 Å². The predicted octanol–water partition coefficient (Wildman–Crippen LogP) is 2.53. The largest absolute Gasteiger partial charge is 0.493 e. The standard InChI is InChI=1S/C15H17NO4S/c1-16(21(17,18)13-7-5-4-6-8-13)12-9-10-14(19-2)15(11-12)20-3/h4-11H,1-3H3.